The highest BCUT2D eigenvalue weighted by molar-refractivity contribution is 9.10. The molecule has 2 nitrogen and oxygen atoms in total. The van der Waals surface area contributed by atoms with Gasteiger partial charge in [-0.2, -0.15) is 0 Å². The maximum Gasteiger partial charge on any atom is 0.146 e. The van der Waals surface area contributed by atoms with Crippen LogP contribution in [0.4, 0.5) is 10.1 Å². The summed E-state index contributed by atoms with van der Waals surface area (Å²) in [5.74, 6) is -0.313. The van der Waals surface area contributed by atoms with Crippen LogP contribution in [0.15, 0.2) is 46.9 Å². The van der Waals surface area contributed by atoms with E-state index >= 15 is 0 Å². The average molecular weight is 324 g/mol. The molecule has 0 aliphatic rings. The zero-order valence-corrected chi connectivity index (χ0v) is 12.1. The number of benzene rings is 2. The third-order valence-corrected chi connectivity index (χ3v) is 3.33. The first-order chi connectivity index (χ1) is 9.06. The largest absolute Gasteiger partial charge is 0.387 e. The second-order valence-electron chi connectivity index (χ2n) is 4.44. The molecular formula is C15H15BrFNO. The summed E-state index contributed by atoms with van der Waals surface area (Å²) in [5, 5.41) is 13.0. The molecular weight excluding hydrogens is 309 g/mol. The molecule has 4 heteroatoms. The van der Waals surface area contributed by atoms with Gasteiger partial charge in [0.1, 0.15) is 5.82 Å². The van der Waals surface area contributed by atoms with E-state index in [4.69, 9.17) is 0 Å². The first-order valence-electron chi connectivity index (χ1n) is 6.00. The Labute approximate surface area is 120 Å². The van der Waals surface area contributed by atoms with Gasteiger partial charge in [0.2, 0.25) is 0 Å². The highest BCUT2D eigenvalue weighted by Crippen LogP contribution is 2.20. The number of hydrogen-bond acceptors (Lipinski definition) is 2. The number of anilines is 1. The smallest absolute Gasteiger partial charge is 0.146 e. The Bertz CT molecular complexity index is 574. The Morgan fingerprint density at radius 2 is 2.05 bits per heavy atom. The van der Waals surface area contributed by atoms with Gasteiger partial charge in [-0.05, 0) is 42.3 Å². The maximum atomic E-state index is 13.5. The summed E-state index contributed by atoms with van der Waals surface area (Å²) in [6.45, 7) is 2.16. The number of halogens is 2. The van der Waals surface area contributed by atoms with E-state index in [2.05, 4.69) is 21.2 Å². The second kappa shape index (κ2) is 6.17. The minimum Gasteiger partial charge on any atom is -0.387 e. The number of hydrogen-bond donors (Lipinski definition) is 2. The first-order valence-corrected chi connectivity index (χ1v) is 6.79. The molecule has 2 N–H and O–H groups in total. The molecule has 0 saturated heterocycles. The molecule has 0 saturated carbocycles. The zero-order valence-electron chi connectivity index (χ0n) is 10.5. The van der Waals surface area contributed by atoms with E-state index in [1.807, 2.05) is 31.2 Å². The third-order valence-electron chi connectivity index (χ3n) is 2.84. The van der Waals surface area contributed by atoms with E-state index in [0.717, 1.165) is 15.6 Å². The van der Waals surface area contributed by atoms with Crippen LogP contribution in [0.25, 0.3) is 0 Å². The number of aliphatic hydroxyl groups is 1. The molecule has 0 aliphatic heterocycles. The normalized spacial score (nSPS) is 12.2. The minimum atomic E-state index is -0.683. The van der Waals surface area contributed by atoms with Crippen molar-refractivity contribution in [2.45, 2.75) is 13.0 Å². The molecule has 2 rings (SSSR count). The van der Waals surface area contributed by atoms with Crippen LogP contribution in [0, 0.1) is 12.7 Å². The van der Waals surface area contributed by atoms with Crippen molar-refractivity contribution in [2.24, 2.45) is 0 Å². The Hall–Kier alpha value is -1.39. The molecule has 0 spiro atoms. The molecule has 0 heterocycles. The molecule has 2 aromatic rings. The fraction of sp³-hybridized carbons (Fsp3) is 0.200. The van der Waals surface area contributed by atoms with Crippen LogP contribution in [0.5, 0.6) is 0 Å². The van der Waals surface area contributed by atoms with Crippen LogP contribution in [-0.4, -0.2) is 11.7 Å². The lowest BCUT2D eigenvalue weighted by Crippen LogP contribution is -2.13. The van der Waals surface area contributed by atoms with Gasteiger partial charge >= 0.3 is 0 Å². The summed E-state index contributed by atoms with van der Waals surface area (Å²) in [6, 6.07) is 12.3. The Kier molecular flexibility index (Phi) is 4.56. The lowest BCUT2D eigenvalue weighted by atomic mass is 10.1. The lowest BCUT2D eigenvalue weighted by molar-refractivity contribution is 0.191. The predicted octanol–water partition coefficient (Wildman–Crippen LogP) is 4.04. The topological polar surface area (TPSA) is 32.3 Å². The molecule has 0 amide bonds. The van der Waals surface area contributed by atoms with Gasteiger partial charge in [-0.1, -0.05) is 34.1 Å². The molecule has 100 valence electrons. The molecule has 0 aliphatic carbocycles. The molecule has 0 radical (unpaired) electrons. The zero-order chi connectivity index (χ0) is 13.8. The molecule has 0 fully saturated rings. The number of aryl methyl sites for hydroxylation is 1. The Morgan fingerprint density at radius 3 is 2.79 bits per heavy atom. The summed E-state index contributed by atoms with van der Waals surface area (Å²) in [7, 11) is 0. The highest BCUT2D eigenvalue weighted by Gasteiger charge is 2.09. The molecule has 0 aromatic heterocycles. The second-order valence-corrected chi connectivity index (χ2v) is 5.35. The Morgan fingerprint density at radius 1 is 1.26 bits per heavy atom. The van der Waals surface area contributed by atoms with Crippen molar-refractivity contribution >= 4 is 21.6 Å². The molecule has 2 aromatic carbocycles. The fourth-order valence-corrected chi connectivity index (χ4v) is 2.23. The highest BCUT2D eigenvalue weighted by atomic mass is 79.9. The van der Waals surface area contributed by atoms with Crippen molar-refractivity contribution < 1.29 is 9.50 Å². The van der Waals surface area contributed by atoms with Crippen LogP contribution in [0.3, 0.4) is 0 Å². The van der Waals surface area contributed by atoms with Crippen molar-refractivity contribution in [3.8, 4) is 0 Å². The summed E-state index contributed by atoms with van der Waals surface area (Å²) in [6.07, 6.45) is -0.683. The van der Waals surface area contributed by atoms with E-state index in [0.29, 0.717) is 5.69 Å². The van der Waals surface area contributed by atoms with E-state index < -0.39 is 6.10 Å². The van der Waals surface area contributed by atoms with Crippen molar-refractivity contribution in [1.82, 2.24) is 0 Å². The standard InChI is InChI=1S/C15H15BrFNO/c1-10-5-6-13(17)14(7-10)18-9-15(19)11-3-2-4-12(16)8-11/h2-8,15,18-19H,9H2,1H3. The van der Waals surface area contributed by atoms with Crippen molar-refractivity contribution in [3.63, 3.8) is 0 Å². The van der Waals surface area contributed by atoms with Crippen LogP contribution < -0.4 is 5.32 Å². The quantitative estimate of drug-likeness (QED) is 0.889. The van der Waals surface area contributed by atoms with Gasteiger partial charge in [-0.3, -0.25) is 0 Å². The van der Waals surface area contributed by atoms with Crippen LogP contribution >= 0.6 is 15.9 Å². The number of nitrogens with one attached hydrogen (secondary N) is 1. The van der Waals surface area contributed by atoms with Gasteiger partial charge in [-0.15, -0.1) is 0 Å². The van der Waals surface area contributed by atoms with Gasteiger partial charge < -0.3 is 10.4 Å². The van der Waals surface area contributed by atoms with Crippen molar-refractivity contribution in [3.05, 3.63) is 63.9 Å². The number of aliphatic hydroxyl groups excluding tert-OH is 1. The predicted molar refractivity (Wildman–Crippen MR) is 78.7 cm³/mol. The Balaban J connectivity index is 2.04. The van der Waals surface area contributed by atoms with Gasteiger partial charge in [0.25, 0.3) is 0 Å². The molecule has 1 unspecified atom stereocenters. The summed E-state index contributed by atoms with van der Waals surface area (Å²) < 4.78 is 14.4. The van der Waals surface area contributed by atoms with Gasteiger partial charge in [0, 0.05) is 11.0 Å². The van der Waals surface area contributed by atoms with Crippen LogP contribution in [-0.2, 0) is 0 Å². The third kappa shape index (κ3) is 3.78. The molecule has 19 heavy (non-hydrogen) atoms. The van der Waals surface area contributed by atoms with Crippen molar-refractivity contribution in [2.75, 3.05) is 11.9 Å². The summed E-state index contributed by atoms with van der Waals surface area (Å²) in [4.78, 5) is 0. The number of rotatable bonds is 4. The van der Waals surface area contributed by atoms with Crippen LogP contribution in [0.1, 0.15) is 17.2 Å². The van der Waals surface area contributed by atoms with Gasteiger partial charge in [0.15, 0.2) is 0 Å². The van der Waals surface area contributed by atoms with E-state index in [1.165, 1.54) is 6.07 Å². The average Bonchev–Trinajstić information content (AvgIpc) is 2.39. The van der Waals surface area contributed by atoms with E-state index in [-0.39, 0.29) is 12.4 Å². The van der Waals surface area contributed by atoms with Crippen molar-refractivity contribution in [1.29, 1.82) is 0 Å². The van der Waals surface area contributed by atoms with Crippen LogP contribution in [0.2, 0.25) is 0 Å². The van der Waals surface area contributed by atoms with Gasteiger partial charge in [-0.25, -0.2) is 4.39 Å². The minimum absolute atomic E-state index is 0.261. The lowest BCUT2D eigenvalue weighted by Gasteiger charge is -2.14. The molecule has 1 atom stereocenters. The van der Waals surface area contributed by atoms with Gasteiger partial charge in [0.05, 0.1) is 11.8 Å². The summed E-state index contributed by atoms with van der Waals surface area (Å²) in [5.41, 5.74) is 2.17. The fourth-order valence-electron chi connectivity index (χ4n) is 1.81. The maximum absolute atomic E-state index is 13.5. The molecule has 0 bridgehead atoms. The monoisotopic (exact) mass is 323 g/mol. The first kappa shape index (κ1) is 14.0. The SMILES string of the molecule is Cc1ccc(F)c(NCC(O)c2cccc(Br)c2)c1. The summed E-state index contributed by atoms with van der Waals surface area (Å²) >= 11 is 3.36. The van der Waals surface area contributed by atoms with E-state index in [1.54, 1.807) is 12.1 Å². The van der Waals surface area contributed by atoms with E-state index in [9.17, 15) is 9.50 Å².